The van der Waals surface area contributed by atoms with E-state index in [0.29, 0.717) is 37.2 Å². The lowest BCUT2D eigenvalue weighted by Gasteiger charge is -2.36. The van der Waals surface area contributed by atoms with Gasteiger partial charge in [0.05, 0.1) is 11.7 Å². The topological polar surface area (TPSA) is 168 Å². The number of amides is 3. The summed E-state index contributed by atoms with van der Waals surface area (Å²) >= 11 is 0. The van der Waals surface area contributed by atoms with Crippen molar-refractivity contribution in [1.82, 2.24) is 26.1 Å². The summed E-state index contributed by atoms with van der Waals surface area (Å²) in [5.74, 6) is -2.27. The van der Waals surface area contributed by atoms with E-state index in [4.69, 9.17) is 9.57 Å². The molecule has 0 bridgehead atoms. The number of hydrogen-bond donors (Lipinski definition) is 3. The fourth-order valence-electron chi connectivity index (χ4n) is 4.50. The molecule has 1 aromatic heterocycles. The Kier molecular flexibility index (Phi) is 11.7. The maximum Gasteiger partial charge on any atom is 0.351 e. The Bertz CT molecular complexity index is 1120. The van der Waals surface area contributed by atoms with Crippen molar-refractivity contribution in [3.8, 4) is 0 Å². The largest absolute Gasteiger partial charge is 0.455 e. The number of ether oxygens (including phenoxy) is 1. The van der Waals surface area contributed by atoms with Crippen molar-refractivity contribution in [3.63, 3.8) is 0 Å². The maximum absolute atomic E-state index is 13.2. The van der Waals surface area contributed by atoms with Gasteiger partial charge in [-0.15, -0.1) is 0 Å². The van der Waals surface area contributed by atoms with Crippen LogP contribution in [0, 0.1) is 11.8 Å². The molecule has 0 spiro atoms. The summed E-state index contributed by atoms with van der Waals surface area (Å²) in [5.41, 5.74) is 4.05. The Hall–Kier alpha value is -3.87. The van der Waals surface area contributed by atoms with Gasteiger partial charge in [0.15, 0.2) is 12.4 Å². The molecule has 3 amide bonds. The average Bonchev–Trinajstić information content (AvgIpc) is 3.45. The van der Waals surface area contributed by atoms with Gasteiger partial charge in [-0.25, -0.2) is 10.2 Å². The number of pyridine rings is 1. The highest BCUT2D eigenvalue weighted by molar-refractivity contribution is 6.02. The van der Waals surface area contributed by atoms with E-state index in [1.165, 1.54) is 5.01 Å². The van der Waals surface area contributed by atoms with Crippen LogP contribution in [0.25, 0.3) is 0 Å². The normalized spacial score (nSPS) is 19.3. The summed E-state index contributed by atoms with van der Waals surface area (Å²) < 4.78 is 5.21. The number of rotatable bonds is 13. The summed E-state index contributed by atoms with van der Waals surface area (Å²) in [5, 5.41) is 10.7. The minimum Gasteiger partial charge on any atom is -0.455 e. The predicted octanol–water partition coefficient (Wildman–Crippen LogP) is 0.876. The first-order valence-corrected chi connectivity index (χ1v) is 14.0. The van der Waals surface area contributed by atoms with Crippen molar-refractivity contribution in [2.75, 3.05) is 19.7 Å². The van der Waals surface area contributed by atoms with Crippen molar-refractivity contribution in [2.45, 2.75) is 78.0 Å². The van der Waals surface area contributed by atoms with Crippen LogP contribution in [0.1, 0.15) is 65.5 Å². The number of nitrogens with one attached hydrogen (secondary N) is 3. The monoisotopic (exact) mass is 572 g/mol. The van der Waals surface area contributed by atoms with Gasteiger partial charge < -0.3 is 20.2 Å². The number of nitrogens with zero attached hydrogens (tertiary/aromatic N) is 3. The van der Waals surface area contributed by atoms with Gasteiger partial charge in [0.2, 0.25) is 23.8 Å². The number of oxime groups is 1. The Morgan fingerprint density at radius 1 is 1.17 bits per heavy atom. The van der Waals surface area contributed by atoms with Crippen LogP contribution >= 0.6 is 0 Å². The highest BCUT2D eigenvalue weighted by Gasteiger charge is 2.36. The number of aromatic nitrogens is 1. The zero-order valence-electron chi connectivity index (χ0n) is 24.1. The summed E-state index contributed by atoms with van der Waals surface area (Å²) in [6, 6.07) is 3.54. The van der Waals surface area contributed by atoms with Gasteiger partial charge in [0.25, 0.3) is 0 Å². The molecule has 0 aromatic carbocycles. The highest BCUT2D eigenvalue weighted by Crippen LogP contribution is 2.17. The number of carbonyl (C=O) groups excluding carboxylic acids is 5. The summed E-state index contributed by atoms with van der Waals surface area (Å²) in [7, 11) is 0. The minimum absolute atomic E-state index is 0.0259. The molecule has 13 nitrogen and oxygen atoms in total. The van der Waals surface area contributed by atoms with Crippen molar-refractivity contribution in [1.29, 1.82) is 0 Å². The molecule has 0 aliphatic carbocycles. The summed E-state index contributed by atoms with van der Waals surface area (Å²) in [6.45, 7) is 7.52. The van der Waals surface area contributed by atoms with Crippen LogP contribution in [0.3, 0.4) is 0 Å². The molecule has 1 unspecified atom stereocenters. The van der Waals surface area contributed by atoms with Crippen LogP contribution in [0.5, 0.6) is 0 Å². The zero-order valence-corrected chi connectivity index (χ0v) is 24.1. The second kappa shape index (κ2) is 15.2. The number of carbonyl (C=O) groups is 5. The van der Waals surface area contributed by atoms with E-state index >= 15 is 0 Å². The van der Waals surface area contributed by atoms with E-state index in [9.17, 15) is 24.0 Å². The standard InChI is InChI=1S/C28H40N6O7/c1-17(2)14-24(36)30-13-10-25(37)34-21(9-7-12-31-34)27(38)32-26(18(3)4)22(35)16-40-28(39)23-15-20(33-41-23)19-8-5-6-11-29-19/h5-6,8,11,17-18,21,23,26,31H,7,9-10,12-16H2,1-4H3,(H,30,36)(H,32,38)/t21-,23?,26-/m0/s1. The van der Waals surface area contributed by atoms with Crippen LogP contribution in [0.4, 0.5) is 0 Å². The van der Waals surface area contributed by atoms with Crippen LogP contribution in [0.15, 0.2) is 29.6 Å². The van der Waals surface area contributed by atoms with Crippen molar-refractivity contribution >= 4 is 35.2 Å². The van der Waals surface area contributed by atoms with E-state index in [1.54, 1.807) is 38.2 Å². The lowest BCUT2D eigenvalue weighted by molar-refractivity contribution is -0.159. The molecule has 41 heavy (non-hydrogen) atoms. The third-order valence-corrected chi connectivity index (χ3v) is 6.63. The molecule has 3 rings (SSSR count). The van der Waals surface area contributed by atoms with Crippen LogP contribution < -0.4 is 16.1 Å². The number of hydrazine groups is 1. The molecule has 13 heteroatoms. The zero-order chi connectivity index (χ0) is 29.9. The average molecular weight is 573 g/mol. The third-order valence-electron chi connectivity index (χ3n) is 6.63. The molecular weight excluding hydrogens is 532 g/mol. The van der Waals surface area contributed by atoms with Gasteiger partial charge in [-0.05, 0) is 36.8 Å². The van der Waals surface area contributed by atoms with Gasteiger partial charge in [0, 0.05) is 38.5 Å². The molecule has 1 fully saturated rings. The minimum atomic E-state index is -0.991. The quantitative estimate of drug-likeness (QED) is 0.291. The van der Waals surface area contributed by atoms with Gasteiger partial charge in [0.1, 0.15) is 11.8 Å². The van der Waals surface area contributed by atoms with Crippen molar-refractivity contribution in [2.24, 2.45) is 17.0 Å². The summed E-state index contributed by atoms with van der Waals surface area (Å²) in [4.78, 5) is 72.9. The fraction of sp³-hybridized carbons (Fsp3) is 0.607. The maximum atomic E-state index is 13.2. The predicted molar refractivity (Wildman–Crippen MR) is 148 cm³/mol. The smallest absolute Gasteiger partial charge is 0.351 e. The lowest BCUT2D eigenvalue weighted by atomic mass is 9.98. The molecule has 1 aromatic rings. The number of Topliss-reactive ketones (excluding diaryl/α,β-unsaturated/α-hetero) is 1. The first-order valence-electron chi connectivity index (χ1n) is 14.0. The molecule has 0 radical (unpaired) electrons. The first kappa shape index (κ1) is 31.7. The molecule has 3 heterocycles. The fourth-order valence-corrected chi connectivity index (χ4v) is 4.50. The number of ketones is 1. The van der Waals surface area contributed by atoms with Crippen LogP contribution in [-0.4, -0.2) is 83.1 Å². The van der Waals surface area contributed by atoms with E-state index in [1.807, 2.05) is 13.8 Å². The van der Waals surface area contributed by atoms with E-state index < -0.39 is 42.5 Å². The Morgan fingerprint density at radius 2 is 1.95 bits per heavy atom. The Morgan fingerprint density at radius 3 is 2.63 bits per heavy atom. The van der Waals surface area contributed by atoms with Gasteiger partial charge in [-0.3, -0.25) is 29.2 Å². The third kappa shape index (κ3) is 9.34. The summed E-state index contributed by atoms with van der Waals surface area (Å²) in [6.07, 6.45) is 2.25. The van der Waals surface area contributed by atoms with Crippen molar-refractivity contribution in [3.05, 3.63) is 30.1 Å². The number of esters is 1. The highest BCUT2D eigenvalue weighted by atomic mass is 16.7. The molecule has 3 N–H and O–H groups in total. The molecule has 2 aliphatic rings. The van der Waals surface area contributed by atoms with Gasteiger partial charge >= 0.3 is 5.97 Å². The first-order chi connectivity index (χ1) is 19.6. The Balaban J connectivity index is 1.50. The molecule has 0 saturated carbocycles. The van der Waals surface area contributed by atoms with E-state index in [-0.39, 0.29) is 43.0 Å². The molecule has 1 saturated heterocycles. The molecule has 3 atom stereocenters. The molecule has 224 valence electrons. The molecule has 2 aliphatic heterocycles. The Labute approximate surface area is 239 Å². The van der Waals surface area contributed by atoms with Gasteiger partial charge in [-0.1, -0.05) is 38.9 Å². The number of hydrogen-bond acceptors (Lipinski definition) is 10. The van der Waals surface area contributed by atoms with Crippen LogP contribution in [-0.2, 0) is 33.5 Å². The second-order valence-electron chi connectivity index (χ2n) is 10.9. The second-order valence-corrected chi connectivity index (χ2v) is 10.9. The SMILES string of the molecule is CC(C)CC(=O)NCCC(=O)N1NCCC[C@H]1C(=O)N[C@H](C(=O)COC(=O)C1CC(c2ccccn2)=NO1)C(C)C. The van der Waals surface area contributed by atoms with E-state index in [0.717, 1.165) is 0 Å². The lowest BCUT2D eigenvalue weighted by Crippen LogP contribution is -2.61. The van der Waals surface area contributed by atoms with E-state index in [2.05, 4.69) is 26.2 Å². The van der Waals surface area contributed by atoms with Crippen LogP contribution in [0.2, 0.25) is 0 Å². The van der Waals surface area contributed by atoms with Crippen molar-refractivity contribution < 1.29 is 33.5 Å². The van der Waals surface area contributed by atoms with Gasteiger partial charge in [-0.2, -0.15) is 0 Å². The molecular formula is C28H40N6O7.